The zero-order valence-electron chi connectivity index (χ0n) is 12.1. The molecule has 0 saturated carbocycles. The second-order valence-electron chi connectivity index (χ2n) is 5.37. The Morgan fingerprint density at radius 1 is 1.29 bits per heavy atom. The van der Waals surface area contributed by atoms with Crippen LogP contribution in [0.1, 0.15) is 26.7 Å². The Kier molecular flexibility index (Phi) is 5.86. The first kappa shape index (κ1) is 17.6. The summed E-state index contributed by atoms with van der Waals surface area (Å²) >= 11 is 0. The van der Waals surface area contributed by atoms with Gasteiger partial charge in [-0.05, 0) is 5.92 Å². The predicted molar refractivity (Wildman–Crippen MR) is 69.7 cm³/mol. The van der Waals surface area contributed by atoms with Crippen molar-refractivity contribution in [2.75, 3.05) is 19.6 Å². The lowest BCUT2D eigenvalue weighted by Crippen LogP contribution is -2.41. The number of hydrogen-bond acceptors (Lipinski definition) is 2. The van der Waals surface area contributed by atoms with Crippen LogP contribution >= 0.6 is 0 Å². The molecule has 0 aromatic rings. The Balaban J connectivity index is 2.65. The van der Waals surface area contributed by atoms with E-state index in [0.717, 1.165) is 17.7 Å². The fourth-order valence-electron chi connectivity index (χ4n) is 2.47. The molecule has 0 aliphatic carbocycles. The van der Waals surface area contributed by atoms with Crippen molar-refractivity contribution in [1.82, 2.24) is 10.2 Å². The number of rotatable bonds is 5. The molecule has 1 fully saturated rings. The van der Waals surface area contributed by atoms with Gasteiger partial charge >= 0.3 is 18.2 Å². The molecule has 1 heterocycles. The molecule has 0 unspecified atom stereocenters. The first-order valence-corrected chi connectivity index (χ1v) is 7.02. The van der Waals surface area contributed by atoms with Gasteiger partial charge in [0.25, 0.3) is 0 Å². The van der Waals surface area contributed by atoms with Crippen molar-refractivity contribution >= 4 is 12.0 Å². The van der Waals surface area contributed by atoms with Crippen molar-refractivity contribution in [3.8, 4) is 0 Å². The summed E-state index contributed by atoms with van der Waals surface area (Å²) in [6.07, 6.45) is -2.90. The number of alkyl halides is 3. The number of urea groups is 1. The van der Waals surface area contributed by atoms with Gasteiger partial charge in [-0.25, -0.2) is 4.79 Å². The van der Waals surface area contributed by atoms with E-state index in [-0.39, 0.29) is 5.92 Å². The van der Waals surface area contributed by atoms with Crippen LogP contribution in [0.5, 0.6) is 0 Å². The molecule has 5 nitrogen and oxygen atoms in total. The summed E-state index contributed by atoms with van der Waals surface area (Å²) < 4.78 is 38.4. The molecule has 2 N–H and O–H groups in total. The van der Waals surface area contributed by atoms with Gasteiger partial charge in [-0.15, -0.1) is 0 Å². The second-order valence-corrected chi connectivity index (χ2v) is 5.37. The van der Waals surface area contributed by atoms with Crippen LogP contribution in [0.2, 0.25) is 0 Å². The average molecular weight is 310 g/mol. The van der Waals surface area contributed by atoms with Crippen LogP contribution in [0.15, 0.2) is 0 Å². The van der Waals surface area contributed by atoms with Gasteiger partial charge in [0, 0.05) is 19.6 Å². The van der Waals surface area contributed by atoms with E-state index in [1.807, 2.05) is 13.8 Å². The molecule has 1 saturated heterocycles. The molecule has 0 radical (unpaired) electrons. The molecule has 2 amide bonds. The number of carboxylic acid groups (broad SMARTS) is 1. The number of nitrogens with zero attached hydrogens (tertiary/aromatic N) is 1. The summed E-state index contributed by atoms with van der Waals surface area (Å²) in [4.78, 5) is 23.7. The Morgan fingerprint density at radius 2 is 1.86 bits per heavy atom. The van der Waals surface area contributed by atoms with Crippen molar-refractivity contribution in [3.05, 3.63) is 0 Å². The summed E-state index contributed by atoms with van der Waals surface area (Å²) in [5.41, 5.74) is 0. The summed E-state index contributed by atoms with van der Waals surface area (Å²) in [7, 11) is 0. The Bertz CT molecular complexity index is 383. The van der Waals surface area contributed by atoms with E-state index in [9.17, 15) is 22.8 Å². The molecular formula is C13H21F3N2O3. The number of likely N-dealkylation sites (tertiary alicyclic amines) is 1. The predicted octanol–water partition coefficient (Wildman–Crippen LogP) is 2.33. The van der Waals surface area contributed by atoms with Gasteiger partial charge in [0.15, 0.2) is 0 Å². The number of carbonyl (C=O) groups excluding carboxylic acids is 1. The average Bonchev–Trinajstić information content (AvgIpc) is 2.84. The van der Waals surface area contributed by atoms with Crippen molar-refractivity contribution in [3.63, 3.8) is 0 Å². The molecule has 1 aliphatic heterocycles. The third kappa shape index (κ3) is 4.50. The number of halogens is 3. The molecule has 0 bridgehead atoms. The molecular weight excluding hydrogens is 289 g/mol. The zero-order chi connectivity index (χ0) is 16.2. The van der Waals surface area contributed by atoms with E-state index >= 15 is 0 Å². The molecule has 21 heavy (non-hydrogen) atoms. The molecule has 0 aromatic carbocycles. The minimum atomic E-state index is -4.62. The maximum atomic E-state index is 12.8. The van der Waals surface area contributed by atoms with Crippen molar-refractivity contribution in [1.29, 1.82) is 0 Å². The van der Waals surface area contributed by atoms with Crippen LogP contribution in [0.25, 0.3) is 0 Å². The van der Waals surface area contributed by atoms with Gasteiger partial charge in [-0.2, -0.15) is 13.2 Å². The van der Waals surface area contributed by atoms with Crippen molar-refractivity contribution in [2.45, 2.75) is 32.9 Å². The van der Waals surface area contributed by atoms with E-state index in [0.29, 0.717) is 6.54 Å². The molecule has 0 spiro atoms. The van der Waals surface area contributed by atoms with Gasteiger partial charge in [-0.1, -0.05) is 26.7 Å². The SMILES string of the molecule is CCC(CC)CNC(=O)N1C[C@@H](C(F)(F)F)[C@H](C(=O)O)C1. The third-order valence-electron chi connectivity index (χ3n) is 4.04. The van der Waals surface area contributed by atoms with Gasteiger partial charge in [0.05, 0.1) is 11.8 Å². The highest BCUT2D eigenvalue weighted by molar-refractivity contribution is 5.77. The lowest BCUT2D eigenvalue weighted by molar-refractivity contribution is -0.187. The third-order valence-corrected chi connectivity index (χ3v) is 4.04. The highest BCUT2D eigenvalue weighted by Crippen LogP contribution is 2.37. The largest absolute Gasteiger partial charge is 0.481 e. The van der Waals surface area contributed by atoms with E-state index in [1.54, 1.807) is 0 Å². The smallest absolute Gasteiger partial charge is 0.394 e. The molecule has 122 valence electrons. The van der Waals surface area contributed by atoms with Crippen LogP contribution in [0.3, 0.4) is 0 Å². The first-order chi connectivity index (χ1) is 9.70. The molecule has 0 aromatic heterocycles. The molecule has 1 aliphatic rings. The Labute approximate surface area is 121 Å². The number of nitrogens with one attached hydrogen (secondary N) is 1. The number of aliphatic carboxylic acids is 1. The highest BCUT2D eigenvalue weighted by atomic mass is 19.4. The van der Waals surface area contributed by atoms with E-state index in [4.69, 9.17) is 5.11 Å². The fraction of sp³-hybridized carbons (Fsp3) is 0.846. The topological polar surface area (TPSA) is 69.6 Å². The normalized spacial score (nSPS) is 22.7. The number of carboxylic acids is 1. The van der Waals surface area contributed by atoms with E-state index in [1.165, 1.54) is 0 Å². The number of carbonyl (C=O) groups is 2. The fourth-order valence-corrected chi connectivity index (χ4v) is 2.47. The van der Waals surface area contributed by atoms with E-state index in [2.05, 4.69) is 5.32 Å². The maximum Gasteiger partial charge on any atom is 0.394 e. The van der Waals surface area contributed by atoms with Gasteiger partial charge < -0.3 is 15.3 Å². The van der Waals surface area contributed by atoms with Crippen LogP contribution in [0.4, 0.5) is 18.0 Å². The van der Waals surface area contributed by atoms with E-state index < -0.39 is 43.1 Å². The highest BCUT2D eigenvalue weighted by Gasteiger charge is 2.53. The van der Waals surface area contributed by atoms with Crippen LogP contribution in [-0.2, 0) is 4.79 Å². The molecule has 1 rings (SSSR count). The Morgan fingerprint density at radius 3 is 2.24 bits per heavy atom. The maximum absolute atomic E-state index is 12.8. The second kappa shape index (κ2) is 7.00. The molecule has 8 heteroatoms. The summed E-state index contributed by atoms with van der Waals surface area (Å²) in [6.45, 7) is 3.31. The monoisotopic (exact) mass is 310 g/mol. The van der Waals surface area contributed by atoms with Crippen LogP contribution < -0.4 is 5.32 Å². The van der Waals surface area contributed by atoms with Crippen molar-refractivity contribution < 1.29 is 27.9 Å². The lowest BCUT2D eigenvalue weighted by Gasteiger charge is -2.20. The van der Waals surface area contributed by atoms with Gasteiger partial charge in [0.1, 0.15) is 0 Å². The molecule has 2 atom stereocenters. The standard InChI is InChI=1S/C13H21F3N2O3/c1-3-8(4-2)5-17-12(21)18-6-9(11(19)20)10(7-18)13(14,15)16/h8-10H,3-7H2,1-2H3,(H,17,21)(H,19,20)/t9-,10-/m1/s1. The minimum absolute atomic E-state index is 0.269. The summed E-state index contributed by atoms with van der Waals surface area (Å²) in [5, 5.41) is 11.5. The van der Waals surface area contributed by atoms with Crippen LogP contribution in [-0.4, -0.2) is 47.8 Å². The van der Waals surface area contributed by atoms with Gasteiger partial charge in [0.2, 0.25) is 0 Å². The summed E-state index contributed by atoms with van der Waals surface area (Å²) in [6, 6.07) is -0.625. The van der Waals surface area contributed by atoms with Crippen molar-refractivity contribution in [2.24, 2.45) is 17.8 Å². The number of amides is 2. The first-order valence-electron chi connectivity index (χ1n) is 7.02. The quantitative estimate of drug-likeness (QED) is 0.819. The van der Waals surface area contributed by atoms with Gasteiger partial charge in [-0.3, -0.25) is 4.79 Å². The number of hydrogen-bond donors (Lipinski definition) is 2. The minimum Gasteiger partial charge on any atom is -0.481 e. The van der Waals surface area contributed by atoms with Crippen LogP contribution in [0, 0.1) is 17.8 Å². The Hall–Kier alpha value is -1.47. The lowest BCUT2D eigenvalue weighted by atomic mass is 9.96. The summed E-state index contributed by atoms with van der Waals surface area (Å²) in [5.74, 6) is -4.85. The zero-order valence-corrected chi connectivity index (χ0v) is 12.1.